The summed E-state index contributed by atoms with van der Waals surface area (Å²) >= 11 is 0. The predicted octanol–water partition coefficient (Wildman–Crippen LogP) is 2.34. The van der Waals surface area contributed by atoms with Gasteiger partial charge < -0.3 is 10.1 Å². The van der Waals surface area contributed by atoms with Crippen molar-refractivity contribution < 1.29 is 14.3 Å². The van der Waals surface area contributed by atoms with Gasteiger partial charge in [0.05, 0.1) is 0 Å². The minimum Gasteiger partial charge on any atom is -0.375 e. The lowest BCUT2D eigenvalue weighted by atomic mass is 10.1. The molecule has 1 rings (SSSR count). The van der Waals surface area contributed by atoms with E-state index >= 15 is 0 Å². The summed E-state index contributed by atoms with van der Waals surface area (Å²) in [6.45, 7) is 1.39. The van der Waals surface area contributed by atoms with Crippen molar-refractivity contribution in [3.05, 3.63) is 34.2 Å². The number of methoxy groups -OCH3 is 1. The molecular weight excluding hydrogens is 248 g/mol. The highest BCUT2D eigenvalue weighted by Gasteiger charge is 2.07. The monoisotopic (exact) mass is 262 g/mol. The molecule has 1 aromatic carbocycles. The average Bonchev–Trinajstić information content (AvgIpc) is 2.32. The number of hydrogen-bond donors (Lipinski definition) is 1. The second-order valence-corrected chi connectivity index (χ2v) is 3.89. The summed E-state index contributed by atoms with van der Waals surface area (Å²) in [6.07, 6.45) is 0.181. The third kappa shape index (κ3) is 4.79. The highest BCUT2D eigenvalue weighted by atomic mass is 16.5. The van der Waals surface area contributed by atoms with Crippen LogP contribution in [0.5, 0.6) is 0 Å². The molecule has 0 aliphatic heterocycles. The van der Waals surface area contributed by atoms with E-state index in [0.29, 0.717) is 16.9 Å². The molecule has 0 unspecified atom stereocenters. The summed E-state index contributed by atoms with van der Waals surface area (Å²) in [5.41, 5.74) is 9.93. The van der Waals surface area contributed by atoms with E-state index in [4.69, 9.17) is 10.3 Å². The van der Waals surface area contributed by atoms with Gasteiger partial charge in [0.1, 0.15) is 12.4 Å². The van der Waals surface area contributed by atoms with Gasteiger partial charge in [0.2, 0.25) is 5.91 Å². The summed E-state index contributed by atoms with van der Waals surface area (Å²) < 4.78 is 4.69. The second kappa shape index (κ2) is 7.15. The van der Waals surface area contributed by atoms with E-state index in [9.17, 15) is 9.59 Å². The fraction of sp³-hybridized carbons (Fsp3) is 0.333. The molecule has 1 N–H and O–H groups in total. The van der Waals surface area contributed by atoms with E-state index in [0.717, 1.165) is 0 Å². The molecule has 0 aromatic heterocycles. The van der Waals surface area contributed by atoms with Crippen LogP contribution in [-0.4, -0.2) is 25.4 Å². The van der Waals surface area contributed by atoms with Crippen LogP contribution in [0, 0.1) is 0 Å². The van der Waals surface area contributed by atoms with Gasteiger partial charge in [-0.15, -0.1) is 0 Å². The van der Waals surface area contributed by atoms with Crippen molar-refractivity contribution in [2.45, 2.75) is 13.3 Å². The number of nitrogens with zero attached hydrogens (tertiary/aromatic N) is 3. The molecule has 0 spiro atoms. The van der Waals surface area contributed by atoms with Crippen molar-refractivity contribution in [1.82, 2.24) is 0 Å². The van der Waals surface area contributed by atoms with Crippen molar-refractivity contribution in [1.29, 1.82) is 0 Å². The van der Waals surface area contributed by atoms with Crippen LogP contribution in [0.25, 0.3) is 10.4 Å². The molecule has 1 amide bonds. The van der Waals surface area contributed by atoms with Crippen LogP contribution in [-0.2, 0) is 20.7 Å². The number of carbonyl (C=O) groups is 2. The molecule has 0 saturated heterocycles. The Hall–Kier alpha value is -2.37. The lowest BCUT2D eigenvalue weighted by Gasteiger charge is -2.08. The number of ether oxygens (including phenoxy) is 1. The number of carbonyl (C=O) groups excluding carboxylic acids is 2. The van der Waals surface area contributed by atoms with Gasteiger partial charge >= 0.3 is 0 Å². The normalized spacial score (nSPS) is 9.58. The number of rotatable bonds is 6. The molecule has 0 aliphatic carbocycles. The quantitative estimate of drug-likeness (QED) is 0.483. The number of benzene rings is 1. The zero-order chi connectivity index (χ0) is 14.3. The first-order valence-corrected chi connectivity index (χ1v) is 5.53. The van der Waals surface area contributed by atoms with Crippen molar-refractivity contribution in [3.8, 4) is 0 Å². The lowest BCUT2D eigenvalue weighted by Crippen LogP contribution is -2.17. The van der Waals surface area contributed by atoms with Gasteiger partial charge in [-0.05, 0) is 30.2 Å². The van der Waals surface area contributed by atoms with Gasteiger partial charge in [-0.1, -0.05) is 11.2 Å². The molecule has 7 nitrogen and oxygen atoms in total. The van der Waals surface area contributed by atoms with Crippen molar-refractivity contribution in [2.75, 3.05) is 19.0 Å². The summed E-state index contributed by atoms with van der Waals surface area (Å²) in [6, 6.07) is 4.81. The molecule has 1 aromatic rings. The Morgan fingerprint density at radius 3 is 2.79 bits per heavy atom. The Bertz CT molecular complexity index is 536. The first-order chi connectivity index (χ1) is 9.06. The number of ketones is 1. The van der Waals surface area contributed by atoms with Gasteiger partial charge in [0.25, 0.3) is 0 Å². The van der Waals surface area contributed by atoms with Crippen molar-refractivity contribution >= 4 is 23.1 Å². The minimum atomic E-state index is -0.311. The fourth-order valence-electron chi connectivity index (χ4n) is 1.53. The van der Waals surface area contributed by atoms with Crippen LogP contribution in [0.2, 0.25) is 0 Å². The standard InChI is InChI=1S/C12H14N4O3/c1-8(17)5-9-3-4-10(6-11(9)15-16-13)14-12(18)7-19-2/h3-4,6H,5,7H2,1-2H3,(H,14,18). The smallest absolute Gasteiger partial charge is 0.250 e. The largest absolute Gasteiger partial charge is 0.375 e. The second-order valence-electron chi connectivity index (χ2n) is 3.89. The zero-order valence-corrected chi connectivity index (χ0v) is 10.7. The number of Topliss-reactive ketones (excluding diaryl/α,β-unsaturated/α-hetero) is 1. The van der Waals surface area contributed by atoms with Crippen LogP contribution >= 0.6 is 0 Å². The van der Waals surface area contributed by atoms with Crippen molar-refractivity contribution in [3.63, 3.8) is 0 Å². The molecule has 0 aliphatic rings. The number of hydrogen-bond acceptors (Lipinski definition) is 4. The minimum absolute atomic E-state index is 0.0365. The van der Waals surface area contributed by atoms with Gasteiger partial charge in [0, 0.05) is 29.8 Å². The number of nitrogens with one attached hydrogen (secondary N) is 1. The molecule has 100 valence electrons. The SMILES string of the molecule is COCC(=O)Nc1ccc(CC(C)=O)c(N=[N+]=[N-])c1. The summed E-state index contributed by atoms with van der Waals surface area (Å²) in [5, 5.41) is 6.11. The topological polar surface area (TPSA) is 104 Å². The third-order valence-electron chi connectivity index (χ3n) is 2.24. The third-order valence-corrected chi connectivity index (χ3v) is 2.24. The number of azide groups is 1. The molecule has 0 radical (unpaired) electrons. The Balaban J connectivity index is 2.98. The molecule has 0 atom stereocenters. The highest BCUT2D eigenvalue weighted by Crippen LogP contribution is 2.24. The number of amides is 1. The van der Waals surface area contributed by atoms with E-state index in [1.807, 2.05) is 0 Å². The van der Waals surface area contributed by atoms with E-state index in [1.54, 1.807) is 12.1 Å². The zero-order valence-electron chi connectivity index (χ0n) is 10.7. The van der Waals surface area contributed by atoms with E-state index in [1.165, 1.54) is 20.1 Å². The molecule has 0 fully saturated rings. The fourth-order valence-corrected chi connectivity index (χ4v) is 1.53. The lowest BCUT2D eigenvalue weighted by molar-refractivity contribution is -0.119. The summed E-state index contributed by atoms with van der Waals surface area (Å²) in [4.78, 5) is 25.2. The average molecular weight is 262 g/mol. The number of anilines is 1. The van der Waals surface area contributed by atoms with Crippen molar-refractivity contribution in [2.24, 2.45) is 5.11 Å². The van der Waals surface area contributed by atoms with Crippen LogP contribution in [0.1, 0.15) is 12.5 Å². The Labute approximate surface area is 110 Å². The molecule has 7 heteroatoms. The van der Waals surface area contributed by atoms with Crippen LogP contribution in [0.4, 0.5) is 11.4 Å². The maximum atomic E-state index is 11.4. The Morgan fingerprint density at radius 1 is 1.47 bits per heavy atom. The van der Waals surface area contributed by atoms with Gasteiger partial charge in [-0.25, -0.2) is 0 Å². The van der Waals surface area contributed by atoms with Crippen LogP contribution in [0.15, 0.2) is 23.3 Å². The van der Waals surface area contributed by atoms with Gasteiger partial charge in [-0.3, -0.25) is 9.59 Å². The van der Waals surface area contributed by atoms with Gasteiger partial charge in [0.15, 0.2) is 0 Å². The molecule has 19 heavy (non-hydrogen) atoms. The van der Waals surface area contributed by atoms with E-state index in [2.05, 4.69) is 15.3 Å². The molecule has 0 saturated carbocycles. The Morgan fingerprint density at radius 2 is 2.21 bits per heavy atom. The van der Waals surface area contributed by atoms with Crippen LogP contribution in [0.3, 0.4) is 0 Å². The van der Waals surface area contributed by atoms with E-state index in [-0.39, 0.29) is 24.7 Å². The molecule has 0 heterocycles. The summed E-state index contributed by atoms with van der Waals surface area (Å²) in [7, 11) is 1.42. The Kier molecular flexibility index (Phi) is 5.53. The molecule has 0 bridgehead atoms. The summed E-state index contributed by atoms with van der Waals surface area (Å²) in [5.74, 6) is -0.348. The first-order valence-electron chi connectivity index (χ1n) is 5.53. The first kappa shape index (κ1) is 14.7. The maximum Gasteiger partial charge on any atom is 0.250 e. The van der Waals surface area contributed by atoms with Gasteiger partial charge in [-0.2, -0.15) is 0 Å². The van der Waals surface area contributed by atoms with Crippen LogP contribution < -0.4 is 5.32 Å². The maximum absolute atomic E-state index is 11.4. The highest BCUT2D eigenvalue weighted by molar-refractivity contribution is 5.92. The predicted molar refractivity (Wildman–Crippen MR) is 70.1 cm³/mol. The molecular formula is C12H14N4O3. The van der Waals surface area contributed by atoms with E-state index < -0.39 is 0 Å².